The minimum Gasteiger partial charge on any atom is -0.361 e. The van der Waals surface area contributed by atoms with Gasteiger partial charge in [0, 0.05) is 26.2 Å². The lowest BCUT2D eigenvalue weighted by Gasteiger charge is -2.38. The van der Waals surface area contributed by atoms with Crippen molar-refractivity contribution in [1.29, 1.82) is 0 Å². The molecular weight excluding hydrogens is 310 g/mol. The second kappa shape index (κ2) is 5.47. The maximum absolute atomic E-state index is 12.8. The van der Waals surface area contributed by atoms with Gasteiger partial charge in [-0.2, -0.15) is 5.10 Å². The highest BCUT2D eigenvalue weighted by Gasteiger charge is 2.46. The molecule has 2 aromatic rings. The average Bonchev–Trinajstić information content (AvgIpc) is 3.26. The van der Waals surface area contributed by atoms with Crippen LogP contribution in [0.1, 0.15) is 35.4 Å². The highest BCUT2D eigenvalue weighted by Crippen LogP contribution is 2.35. The Morgan fingerprint density at radius 1 is 1.29 bits per heavy atom. The molecule has 2 atom stereocenters. The van der Waals surface area contributed by atoms with E-state index in [9.17, 15) is 9.59 Å². The summed E-state index contributed by atoms with van der Waals surface area (Å²) in [5, 5.41) is 7.87. The summed E-state index contributed by atoms with van der Waals surface area (Å²) in [5.74, 6) is 0.556. The number of aryl methyl sites for hydroxylation is 2. The van der Waals surface area contributed by atoms with Crippen LogP contribution in [-0.2, 0) is 11.8 Å². The van der Waals surface area contributed by atoms with Crippen molar-refractivity contribution in [2.45, 2.75) is 38.3 Å². The number of hydrogen-bond acceptors (Lipinski definition) is 5. The maximum atomic E-state index is 12.8. The smallest absolute Gasteiger partial charge is 0.259 e. The number of carbonyl (C=O) groups excluding carboxylic acids is 2. The molecule has 2 aliphatic rings. The van der Waals surface area contributed by atoms with E-state index in [0.29, 0.717) is 30.7 Å². The van der Waals surface area contributed by atoms with Gasteiger partial charge in [-0.25, -0.2) is 0 Å². The van der Waals surface area contributed by atoms with E-state index in [0.717, 1.165) is 12.1 Å². The summed E-state index contributed by atoms with van der Waals surface area (Å²) < 4.78 is 6.70. The number of amides is 2. The van der Waals surface area contributed by atoms with Gasteiger partial charge in [0.15, 0.2) is 0 Å². The molecule has 126 valence electrons. The second-order valence-corrected chi connectivity index (χ2v) is 6.39. The molecule has 8 nitrogen and oxygen atoms in total. The molecule has 4 rings (SSSR count). The molecule has 0 spiro atoms. The Kier molecular flexibility index (Phi) is 3.40. The zero-order chi connectivity index (χ0) is 16.8. The SMILES string of the molecule is Cc1oncc1C(=O)N1CC[C@H]2[C@@H]1CCC(=O)N2c1cnn(C)c1. The van der Waals surface area contributed by atoms with Crippen LogP contribution in [0.5, 0.6) is 0 Å². The zero-order valence-corrected chi connectivity index (χ0v) is 13.7. The fourth-order valence-corrected chi connectivity index (χ4v) is 3.84. The minimum atomic E-state index is -0.0678. The van der Waals surface area contributed by atoms with Crippen LogP contribution < -0.4 is 4.90 Å². The highest BCUT2D eigenvalue weighted by molar-refractivity contribution is 5.97. The number of nitrogens with zero attached hydrogens (tertiary/aromatic N) is 5. The fourth-order valence-electron chi connectivity index (χ4n) is 3.84. The van der Waals surface area contributed by atoms with Gasteiger partial charge >= 0.3 is 0 Å². The lowest BCUT2D eigenvalue weighted by molar-refractivity contribution is -0.120. The second-order valence-electron chi connectivity index (χ2n) is 6.39. The monoisotopic (exact) mass is 329 g/mol. The molecule has 0 bridgehead atoms. The third-order valence-electron chi connectivity index (χ3n) is 4.98. The Morgan fingerprint density at radius 3 is 2.79 bits per heavy atom. The van der Waals surface area contributed by atoms with E-state index in [1.165, 1.54) is 6.20 Å². The topological polar surface area (TPSA) is 84.5 Å². The summed E-state index contributed by atoms with van der Waals surface area (Å²) in [6, 6.07) is 0.0178. The quantitative estimate of drug-likeness (QED) is 0.824. The normalized spacial score (nSPS) is 23.7. The molecule has 8 heteroatoms. The van der Waals surface area contributed by atoms with E-state index in [-0.39, 0.29) is 23.9 Å². The van der Waals surface area contributed by atoms with Crippen molar-refractivity contribution in [2.75, 3.05) is 11.4 Å². The number of aromatic nitrogens is 3. The summed E-state index contributed by atoms with van der Waals surface area (Å²) in [4.78, 5) is 29.0. The average molecular weight is 329 g/mol. The van der Waals surface area contributed by atoms with Crippen LogP contribution in [0.25, 0.3) is 0 Å². The number of hydrogen-bond donors (Lipinski definition) is 0. The molecule has 0 aromatic carbocycles. The van der Waals surface area contributed by atoms with Gasteiger partial charge in [-0.1, -0.05) is 5.16 Å². The van der Waals surface area contributed by atoms with E-state index < -0.39 is 0 Å². The van der Waals surface area contributed by atoms with Crippen LogP contribution in [0.15, 0.2) is 23.1 Å². The van der Waals surface area contributed by atoms with Gasteiger partial charge in [-0.05, 0) is 19.8 Å². The lowest BCUT2D eigenvalue weighted by atomic mass is 9.95. The Balaban J connectivity index is 1.62. The predicted octanol–water partition coefficient (Wildman–Crippen LogP) is 1.13. The summed E-state index contributed by atoms with van der Waals surface area (Å²) in [7, 11) is 1.83. The molecular formula is C16H19N5O3. The molecule has 4 heterocycles. The van der Waals surface area contributed by atoms with Crippen molar-refractivity contribution in [3.63, 3.8) is 0 Å². The maximum Gasteiger partial charge on any atom is 0.259 e. The molecule has 2 amide bonds. The first-order valence-electron chi connectivity index (χ1n) is 8.09. The lowest BCUT2D eigenvalue weighted by Crippen LogP contribution is -2.53. The third kappa shape index (κ3) is 2.21. The van der Waals surface area contributed by atoms with Crippen molar-refractivity contribution in [1.82, 2.24) is 19.8 Å². The molecule has 2 aliphatic heterocycles. The van der Waals surface area contributed by atoms with Gasteiger partial charge in [-0.3, -0.25) is 14.3 Å². The van der Waals surface area contributed by atoms with Crippen molar-refractivity contribution in [3.8, 4) is 0 Å². The van der Waals surface area contributed by atoms with Crippen LogP contribution in [0.3, 0.4) is 0 Å². The minimum absolute atomic E-state index is 0.000402. The van der Waals surface area contributed by atoms with Gasteiger partial charge in [-0.15, -0.1) is 0 Å². The van der Waals surface area contributed by atoms with Crippen molar-refractivity contribution in [3.05, 3.63) is 29.9 Å². The molecule has 0 radical (unpaired) electrons. The molecule has 0 unspecified atom stereocenters. The Bertz CT molecular complexity index is 795. The van der Waals surface area contributed by atoms with Crippen LogP contribution >= 0.6 is 0 Å². The van der Waals surface area contributed by atoms with Gasteiger partial charge in [0.25, 0.3) is 5.91 Å². The largest absolute Gasteiger partial charge is 0.361 e. The molecule has 24 heavy (non-hydrogen) atoms. The fraction of sp³-hybridized carbons (Fsp3) is 0.500. The first kappa shape index (κ1) is 14.9. The van der Waals surface area contributed by atoms with E-state index >= 15 is 0 Å². The number of carbonyl (C=O) groups is 2. The predicted molar refractivity (Wildman–Crippen MR) is 84.4 cm³/mol. The molecule has 2 saturated heterocycles. The molecule has 2 fully saturated rings. The van der Waals surface area contributed by atoms with Crippen LogP contribution in [-0.4, -0.2) is 50.3 Å². The van der Waals surface area contributed by atoms with Gasteiger partial charge in [0.05, 0.1) is 30.2 Å². The van der Waals surface area contributed by atoms with Crippen molar-refractivity contribution >= 4 is 17.5 Å². The van der Waals surface area contributed by atoms with Crippen LogP contribution in [0, 0.1) is 6.92 Å². The van der Waals surface area contributed by atoms with Gasteiger partial charge < -0.3 is 14.3 Å². The number of rotatable bonds is 2. The molecule has 2 aromatic heterocycles. The molecule has 0 N–H and O–H groups in total. The number of fused-ring (bicyclic) bond motifs is 1. The van der Waals surface area contributed by atoms with Gasteiger partial charge in [0.1, 0.15) is 11.3 Å². The molecule has 0 saturated carbocycles. The highest BCUT2D eigenvalue weighted by atomic mass is 16.5. The summed E-state index contributed by atoms with van der Waals surface area (Å²) in [5.41, 5.74) is 1.30. The molecule has 0 aliphatic carbocycles. The van der Waals surface area contributed by atoms with E-state index in [1.54, 1.807) is 17.8 Å². The Hall–Kier alpha value is -2.64. The third-order valence-corrected chi connectivity index (χ3v) is 4.98. The van der Waals surface area contributed by atoms with Crippen LogP contribution in [0.4, 0.5) is 5.69 Å². The first-order valence-corrected chi connectivity index (χ1v) is 8.09. The van der Waals surface area contributed by atoms with Crippen molar-refractivity contribution < 1.29 is 14.1 Å². The van der Waals surface area contributed by atoms with Crippen molar-refractivity contribution in [2.24, 2.45) is 7.05 Å². The number of anilines is 1. The van der Waals surface area contributed by atoms with E-state index in [2.05, 4.69) is 10.3 Å². The van der Waals surface area contributed by atoms with E-state index in [4.69, 9.17) is 4.52 Å². The Labute approximate surface area is 139 Å². The number of likely N-dealkylation sites (tertiary alicyclic amines) is 1. The number of piperidine rings is 1. The summed E-state index contributed by atoms with van der Waals surface area (Å²) >= 11 is 0. The summed E-state index contributed by atoms with van der Waals surface area (Å²) in [6.45, 7) is 2.36. The van der Waals surface area contributed by atoms with Crippen LogP contribution in [0.2, 0.25) is 0 Å². The zero-order valence-electron chi connectivity index (χ0n) is 13.7. The van der Waals surface area contributed by atoms with Gasteiger partial charge in [0.2, 0.25) is 5.91 Å². The summed E-state index contributed by atoms with van der Waals surface area (Å²) in [6.07, 6.45) is 6.90. The Morgan fingerprint density at radius 2 is 2.12 bits per heavy atom. The first-order chi connectivity index (χ1) is 11.6. The van der Waals surface area contributed by atoms with E-state index in [1.807, 2.05) is 23.0 Å². The standard InChI is InChI=1S/C16H19N5O3/c1-10-12(8-18-24-10)16(23)20-6-5-14-13(20)3-4-15(22)21(14)11-7-17-19(2)9-11/h7-9,13-14H,3-6H2,1-2H3/t13-,14-/m0/s1.